The molecule has 112 valence electrons. The number of methoxy groups -OCH3 is 1. The highest BCUT2D eigenvalue weighted by Gasteiger charge is 2.15. The summed E-state index contributed by atoms with van der Waals surface area (Å²) in [6, 6.07) is 10.9. The van der Waals surface area contributed by atoms with E-state index in [1.54, 1.807) is 18.2 Å². The van der Waals surface area contributed by atoms with Gasteiger partial charge in [-0.2, -0.15) is 4.68 Å². The van der Waals surface area contributed by atoms with Crippen LogP contribution in [0, 0.1) is 5.82 Å². The zero-order chi connectivity index (χ0) is 15.7. The average molecular weight is 300 g/mol. The van der Waals surface area contributed by atoms with Crippen molar-refractivity contribution in [1.29, 1.82) is 0 Å². The molecule has 0 atom stereocenters. The van der Waals surface area contributed by atoms with E-state index in [4.69, 9.17) is 10.5 Å². The van der Waals surface area contributed by atoms with Gasteiger partial charge in [0, 0.05) is 11.6 Å². The van der Waals surface area contributed by atoms with Gasteiger partial charge in [-0.25, -0.2) is 4.39 Å². The normalized spacial score (nSPS) is 10.6. The Bertz CT molecular complexity index is 832. The maximum Gasteiger partial charge on any atom is 0.165 e. The Morgan fingerprint density at radius 3 is 2.73 bits per heavy atom. The van der Waals surface area contributed by atoms with E-state index in [-0.39, 0.29) is 17.3 Å². The highest BCUT2D eigenvalue weighted by atomic mass is 19.1. The molecule has 0 radical (unpaired) electrons. The minimum atomic E-state index is -0.508. The van der Waals surface area contributed by atoms with Gasteiger partial charge in [-0.1, -0.05) is 11.3 Å². The molecule has 22 heavy (non-hydrogen) atoms. The number of benzene rings is 2. The van der Waals surface area contributed by atoms with Gasteiger partial charge in [0.2, 0.25) is 0 Å². The third kappa shape index (κ3) is 2.32. The number of aromatic nitrogens is 3. The number of phenols is 1. The summed E-state index contributed by atoms with van der Waals surface area (Å²) < 4.78 is 20.0. The maximum absolute atomic E-state index is 13.8. The zero-order valence-corrected chi connectivity index (χ0v) is 11.7. The Morgan fingerprint density at radius 2 is 2.05 bits per heavy atom. The van der Waals surface area contributed by atoms with Crippen LogP contribution in [0.3, 0.4) is 0 Å². The van der Waals surface area contributed by atoms with Crippen molar-refractivity contribution in [3.05, 3.63) is 48.3 Å². The smallest absolute Gasteiger partial charge is 0.165 e. The van der Waals surface area contributed by atoms with Crippen LogP contribution >= 0.6 is 0 Å². The monoisotopic (exact) mass is 300 g/mol. The summed E-state index contributed by atoms with van der Waals surface area (Å²) in [6.45, 7) is 0. The van der Waals surface area contributed by atoms with E-state index in [1.165, 1.54) is 36.1 Å². The lowest BCUT2D eigenvalue weighted by Crippen LogP contribution is -2.02. The van der Waals surface area contributed by atoms with Crippen molar-refractivity contribution >= 4 is 5.82 Å². The molecule has 0 saturated heterocycles. The third-order valence-corrected chi connectivity index (χ3v) is 3.20. The van der Waals surface area contributed by atoms with Crippen LogP contribution < -0.4 is 10.5 Å². The van der Waals surface area contributed by atoms with Crippen LogP contribution in [0.5, 0.6) is 11.5 Å². The highest BCUT2D eigenvalue weighted by Crippen LogP contribution is 2.29. The van der Waals surface area contributed by atoms with E-state index < -0.39 is 5.82 Å². The third-order valence-electron chi connectivity index (χ3n) is 3.20. The number of nitrogen functional groups attached to an aromatic ring is 1. The molecular formula is C15H13FN4O2. The quantitative estimate of drug-likeness (QED) is 0.775. The molecule has 0 saturated carbocycles. The second kappa shape index (κ2) is 5.36. The van der Waals surface area contributed by atoms with Gasteiger partial charge in [0.1, 0.15) is 11.4 Å². The average Bonchev–Trinajstić information content (AvgIpc) is 2.89. The van der Waals surface area contributed by atoms with Gasteiger partial charge in [-0.3, -0.25) is 0 Å². The van der Waals surface area contributed by atoms with Crippen molar-refractivity contribution in [3.63, 3.8) is 0 Å². The van der Waals surface area contributed by atoms with E-state index in [1.807, 2.05) is 0 Å². The van der Waals surface area contributed by atoms with Crippen LogP contribution in [0.25, 0.3) is 16.9 Å². The number of rotatable bonds is 3. The molecule has 3 N–H and O–H groups in total. The Balaban J connectivity index is 2.05. The van der Waals surface area contributed by atoms with Crippen molar-refractivity contribution in [3.8, 4) is 28.4 Å². The minimum absolute atomic E-state index is 0.0874. The molecule has 0 aliphatic rings. The van der Waals surface area contributed by atoms with Crippen molar-refractivity contribution in [2.45, 2.75) is 0 Å². The lowest BCUT2D eigenvalue weighted by Gasteiger charge is -2.05. The van der Waals surface area contributed by atoms with Crippen molar-refractivity contribution in [2.75, 3.05) is 12.8 Å². The van der Waals surface area contributed by atoms with E-state index in [0.29, 0.717) is 16.9 Å². The first-order chi connectivity index (χ1) is 10.6. The second-order valence-electron chi connectivity index (χ2n) is 4.60. The Morgan fingerprint density at radius 1 is 1.23 bits per heavy atom. The van der Waals surface area contributed by atoms with Crippen LogP contribution in [-0.4, -0.2) is 27.2 Å². The van der Waals surface area contributed by atoms with E-state index >= 15 is 0 Å². The molecule has 3 rings (SSSR count). The molecular weight excluding hydrogens is 287 g/mol. The summed E-state index contributed by atoms with van der Waals surface area (Å²) in [4.78, 5) is 0. The fourth-order valence-corrected chi connectivity index (χ4v) is 2.12. The van der Waals surface area contributed by atoms with Gasteiger partial charge in [-0.15, -0.1) is 5.10 Å². The first-order valence-electron chi connectivity index (χ1n) is 6.44. The summed E-state index contributed by atoms with van der Waals surface area (Å²) in [5, 5.41) is 17.5. The number of aromatic hydroxyl groups is 1. The predicted molar refractivity (Wildman–Crippen MR) is 79.4 cm³/mol. The Kier molecular flexibility index (Phi) is 3.38. The summed E-state index contributed by atoms with van der Waals surface area (Å²) in [7, 11) is 1.39. The fraction of sp³-hybridized carbons (Fsp3) is 0.0667. The molecule has 3 aromatic rings. The number of ether oxygens (including phenoxy) is 1. The summed E-state index contributed by atoms with van der Waals surface area (Å²) in [6.07, 6.45) is 0. The molecule has 0 fully saturated rings. The number of halogens is 1. The van der Waals surface area contributed by atoms with Crippen LogP contribution in [0.2, 0.25) is 0 Å². The molecule has 0 unspecified atom stereocenters. The SMILES string of the molecule is COc1ccc(-c2nnn(-c3cccc(O)c3)c2N)cc1F. The molecule has 0 amide bonds. The second-order valence-corrected chi connectivity index (χ2v) is 4.60. The van der Waals surface area contributed by atoms with E-state index in [0.717, 1.165) is 0 Å². The predicted octanol–water partition coefficient (Wildman–Crippen LogP) is 2.37. The summed E-state index contributed by atoms with van der Waals surface area (Å²) in [5.74, 6) is -0.0337. The fourth-order valence-electron chi connectivity index (χ4n) is 2.12. The van der Waals surface area contributed by atoms with Crippen LogP contribution in [-0.2, 0) is 0 Å². The van der Waals surface area contributed by atoms with E-state index in [2.05, 4.69) is 10.3 Å². The van der Waals surface area contributed by atoms with Crippen molar-refractivity contribution in [1.82, 2.24) is 15.0 Å². The number of hydrogen-bond donors (Lipinski definition) is 2. The largest absolute Gasteiger partial charge is 0.508 e. The molecule has 0 aliphatic heterocycles. The maximum atomic E-state index is 13.8. The molecule has 0 bridgehead atoms. The Hall–Kier alpha value is -3.09. The standard InChI is InChI=1S/C15H13FN4O2/c1-22-13-6-5-9(7-12(13)16)14-15(17)20(19-18-14)10-3-2-4-11(21)8-10/h2-8,21H,17H2,1H3. The van der Waals surface area contributed by atoms with Crippen molar-refractivity contribution in [2.24, 2.45) is 0 Å². The zero-order valence-electron chi connectivity index (χ0n) is 11.7. The summed E-state index contributed by atoms with van der Waals surface area (Å²) in [5.41, 5.74) is 7.44. The number of nitrogens with zero attached hydrogens (tertiary/aromatic N) is 3. The highest BCUT2D eigenvalue weighted by molar-refractivity contribution is 5.71. The lowest BCUT2D eigenvalue weighted by molar-refractivity contribution is 0.386. The molecule has 6 nitrogen and oxygen atoms in total. The number of anilines is 1. The van der Waals surface area contributed by atoms with Gasteiger partial charge < -0.3 is 15.6 Å². The lowest BCUT2D eigenvalue weighted by atomic mass is 10.1. The minimum Gasteiger partial charge on any atom is -0.508 e. The number of nitrogens with two attached hydrogens (primary N) is 1. The van der Waals surface area contributed by atoms with E-state index in [9.17, 15) is 9.50 Å². The number of phenolic OH excluding ortho intramolecular Hbond substituents is 1. The molecule has 2 aromatic carbocycles. The van der Waals surface area contributed by atoms with Gasteiger partial charge >= 0.3 is 0 Å². The molecule has 7 heteroatoms. The molecule has 1 heterocycles. The topological polar surface area (TPSA) is 86.2 Å². The van der Waals surface area contributed by atoms with Gasteiger partial charge in [-0.05, 0) is 30.3 Å². The van der Waals surface area contributed by atoms with Crippen LogP contribution in [0.4, 0.5) is 10.2 Å². The summed E-state index contributed by atoms with van der Waals surface area (Å²) >= 11 is 0. The Labute approximate surface area is 125 Å². The van der Waals surface area contributed by atoms with Crippen LogP contribution in [0.15, 0.2) is 42.5 Å². The first kappa shape index (κ1) is 13.9. The van der Waals surface area contributed by atoms with Crippen molar-refractivity contribution < 1.29 is 14.2 Å². The van der Waals surface area contributed by atoms with Gasteiger partial charge in [0.05, 0.1) is 12.8 Å². The molecule has 1 aromatic heterocycles. The molecule has 0 aliphatic carbocycles. The van der Waals surface area contributed by atoms with Gasteiger partial charge in [0.25, 0.3) is 0 Å². The first-order valence-corrected chi connectivity index (χ1v) is 6.44. The van der Waals surface area contributed by atoms with Crippen LogP contribution in [0.1, 0.15) is 0 Å². The van der Waals surface area contributed by atoms with Gasteiger partial charge in [0.15, 0.2) is 17.4 Å². The number of hydrogen-bond acceptors (Lipinski definition) is 5. The molecule has 0 spiro atoms.